The van der Waals surface area contributed by atoms with Crippen molar-refractivity contribution in [2.45, 2.75) is 46.5 Å². The van der Waals surface area contributed by atoms with Gasteiger partial charge in [-0.3, -0.25) is 0 Å². The first-order chi connectivity index (χ1) is 13.0. The average Bonchev–Trinajstić information content (AvgIpc) is 3.25. The minimum atomic E-state index is 0.400. The van der Waals surface area contributed by atoms with Crippen LogP contribution in [0.5, 0.6) is 0 Å². The first kappa shape index (κ1) is 17.9. The summed E-state index contributed by atoms with van der Waals surface area (Å²) < 4.78 is 3.19. The third-order valence-electron chi connectivity index (χ3n) is 4.86. The van der Waals surface area contributed by atoms with Crippen LogP contribution in [0.4, 0.5) is 0 Å². The zero-order valence-electron chi connectivity index (χ0n) is 16.4. The second-order valence-electron chi connectivity index (χ2n) is 7.48. The summed E-state index contributed by atoms with van der Waals surface area (Å²) in [5, 5.41) is 5.72. The van der Waals surface area contributed by atoms with E-state index in [0.29, 0.717) is 11.8 Å². The largest absolute Gasteiger partial charge is 0.241 e. The molecule has 2 heterocycles. The lowest BCUT2D eigenvalue weighted by Gasteiger charge is -2.20. The lowest BCUT2D eigenvalue weighted by Crippen LogP contribution is -2.09. The molecular formula is C22H24N4S. The Morgan fingerprint density at radius 1 is 0.926 bits per heavy atom. The fraction of sp³-hybridized carbons (Fsp3) is 0.318. The quantitative estimate of drug-likeness (QED) is 0.432. The standard InChI is InChI=1S/C22H24N4S/c1-13(2)16-8-6-9-17(14(3)4)20(16)26-22(23-12-24-26)18-10-7-11-19-21(18)27-15(5)25-19/h6-14H,1-5H3. The molecule has 0 aliphatic heterocycles. The van der Waals surface area contributed by atoms with E-state index in [9.17, 15) is 0 Å². The third kappa shape index (κ3) is 3.06. The maximum atomic E-state index is 4.65. The number of aryl methyl sites for hydroxylation is 1. The highest BCUT2D eigenvalue weighted by atomic mass is 32.1. The maximum Gasteiger partial charge on any atom is 0.164 e. The van der Waals surface area contributed by atoms with E-state index in [2.05, 4.69) is 73.1 Å². The van der Waals surface area contributed by atoms with Crippen molar-refractivity contribution in [3.05, 3.63) is 58.9 Å². The van der Waals surface area contributed by atoms with Crippen LogP contribution in [-0.2, 0) is 0 Å². The molecule has 0 aliphatic carbocycles. The molecule has 2 aromatic heterocycles. The van der Waals surface area contributed by atoms with E-state index < -0.39 is 0 Å². The van der Waals surface area contributed by atoms with E-state index in [1.165, 1.54) is 11.1 Å². The van der Waals surface area contributed by atoms with Gasteiger partial charge < -0.3 is 0 Å². The molecule has 0 radical (unpaired) electrons. The Bertz CT molecular complexity index is 1080. The second kappa shape index (κ2) is 6.89. The van der Waals surface area contributed by atoms with Crippen molar-refractivity contribution in [3.8, 4) is 17.1 Å². The summed E-state index contributed by atoms with van der Waals surface area (Å²) in [6.07, 6.45) is 1.66. The van der Waals surface area contributed by atoms with Crippen molar-refractivity contribution in [2.75, 3.05) is 0 Å². The van der Waals surface area contributed by atoms with Crippen LogP contribution in [0.3, 0.4) is 0 Å². The zero-order valence-corrected chi connectivity index (χ0v) is 17.2. The zero-order chi connectivity index (χ0) is 19.1. The fourth-order valence-corrected chi connectivity index (χ4v) is 4.51. The molecule has 0 N–H and O–H groups in total. The van der Waals surface area contributed by atoms with Gasteiger partial charge in [-0.1, -0.05) is 52.0 Å². The molecule has 0 saturated carbocycles. The topological polar surface area (TPSA) is 43.6 Å². The molecular weight excluding hydrogens is 352 g/mol. The predicted molar refractivity (Wildman–Crippen MR) is 113 cm³/mol. The molecule has 0 spiro atoms. The van der Waals surface area contributed by atoms with Gasteiger partial charge in [-0.2, -0.15) is 5.10 Å². The van der Waals surface area contributed by atoms with Crippen LogP contribution in [0.25, 0.3) is 27.3 Å². The van der Waals surface area contributed by atoms with Crippen molar-refractivity contribution in [2.24, 2.45) is 0 Å². The van der Waals surface area contributed by atoms with Gasteiger partial charge in [-0.15, -0.1) is 11.3 Å². The summed E-state index contributed by atoms with van der Waals surface area (Å²) in [6.45, 7) is 11.0. The lowest BCUT2D eigenvalue weighted by molar-refractivity contribution is 0.773. The second-order valence-corrected chi connectivity index (χ2v) is 8.68. The van der Waals surface area contributed by atoms with Gasteiger partial charge in [0.05, 0.1) is 20.9 Å². The molecule has 138 valence electrons. The highest BCUT2D eigenvalue weighted by Gasteiger charge is 2.21. The van der Waals surface area contributed by atoms with E-state index in [1.54, 1.807) is 17.7 Å². The number of benzene rings is 2. The maximum absolute atomic E-state index is 4.65. The van der Waals surface area contributed by atoms with Gasteiger partial charge >= 0.3 is 0 Å². The Balaban J connectivity index is 2.01. The molecule has 0 unspecified atom stereocenters. The predicted octanol–water partition coefficient (Wildman–Crippen LogP) is 6.10. The van der Waals surface area contributed by atoms with Gasteiger partial charge in [0.25, 0.3) is 0 Å². The van der Waals surface area contributed by atoms with E-state index in [0.717, 1.165) is 32.3 Å². The van der Waals surface area contributed by atoms with Crippen LogP contribution in [0.2, 0.25) is 0 Å². The van der Waals surface area contributed by atoms with Crippen LogP contribution in [0, 0.1) is 6.92 Å². The molecule has 0 bridgehead atoms. The SMILES string of the molecule is Cc1nc2cccc(-c3ncnn3-c3c(C(C)C)cccc3C(C)C)c2s1. The van der Waals surface area contributed by atoms with Crippen molar-refractivity contribution < 1.29 is 0 Å². The Morgan fingerprint density at radius 2 is 1.59 bits per heavy atom. The number of rotatable bonds is 4. The van der Waals surface area contributed by atoms with Crippen molar-refractivity contribution in [3.63, 3.8) is 0 Å². The number of fused-ring (bicyclic) bond motifs is 1. The molecule has 27 heavy (non-hydrogen) atoms. The summed E-state index contributed by atoms with van der Waals surface area (Å²) in [5.41, 5.74) is 5.85. The number of para-hydroxylation sites is 1. The van der Waals surface area contributed by atoms with E-state index in [1.807, 2.05) is 17.7 Å². The minimum absolute atomic E-state index is 0.400. The van der Waals surface area contributed by atoms with Crippen LogP contribution in [0.1, 0.15) is 55.7 Å². The Labute approximate surface area is 163 Å². The molecule has 0 saturated heterocycles. The highest BCUT2D eigenvalue weighted by Crippen LogP contribution is 2.36. The van der Waals surface area contributed by atoms with Gasteiger partial charge in [0.1, 0.15) is 6.33 Å². The van der Waals surface area contributed by atoms with Crippen molar-refractivity contribution >= 4 is 21.6 Å². The summed E-state index contributed by atoms with van der Waals surface area (Å²) in [4.78, 5) is 9.29. The highest BCUT2D eigenvalue weighted by molar-refractivity contribution is 7.19. The molecule has 5 heteroatoms. The van der Waals surface area contributed by atoms with Crippen LogP contribution in [-0.4, -0.2) is 19.7 Å². The smallest absolute Gasteiger partial charge is 0.164 e. The number of thiazole rings is 1. The average molecular weight is 377 g/mol. The fourth-order valence-electron chi connectivity index (χ4n) is 3.58. The molecule has 0 amide bonds. The first-order valence-electron chi connectivity index (χ1n) is 9.37. The van der Waals surface area contributed by atoms with Gasteiger partial charge in [0.15, 0.2) is 5.82 Å². The number of aromatic nitrogens is 4. The van der Waals surface area contributed by atoms with Crippen LogP contribution < -0.4 is 0 Å². The van der Waals surface area contributed by atoms with Gasteiger partial charge in [-0.05, 0) is 42.0 Å². The molecule has 0 aliphatic rings. The molecule has 4 aromatic rings. The summed E-state index contributed by atoms with van der Waals surface area (Å²) >= 11 is 1.71. The van der Waals surface area contributed by atoms with Gasteiger partial charge in [0.2, 0.25) is 0 Å². The summed E-state index contributed by atoms with van der Waals surface area (Å²) in [5.74, 6) is 1.67. The summed E-state index contributed by atoms with van der Waals surface area (Å²) in [6, 6.07) is 12.8. The Morgan fingerprint density at radius 3 is 2.26 bits per heavy atom. The Hall–Kier alpha value is -2.53. The number of nitrogens with zero attached hydrogens (tertiary/aromatic N) is 4. The minimum Gasteiger partial charge on any atom is -0.241 e. The Kier molecular flexibility index (Phi) is 4.56. The van der Waals surface area contributed by atoms with Gasteiger partial charge in [0, 0.05) is 5.56 Å². The van der Waals surface area contributed by atoms with E-state index in [-0.39, 0.29) is 0 Å². The first-order valence-corrected chi connectivity index (χ1v) is 10.2. The number of hydrogen-bond donors (Lipinski definition) is 0. The van der Waals surface area contributed by atoms with Crippen molar-refractivity contribution in [1.29, 1.82) is 0 Å². The number of hydrogen-bond acceptors (Lipinski definition) is 4. The van der Waals surface area contributed by atoms with Crippen LogP contribution >= 0.6 is 11.3 Å². The van der Waals surface area contributed by atoms with E-state index in [4.69, 9.17) is 0 Å². The molecule has 0 fully saturated rings. The van der Waals surface area contributed by atoms with E-state index >= 15 is 0 Å². The normalized spacial score (nSPS) is 11.8. The summed E-state index contributed by atoms with van der Waals surface area (Å²) in [7, 11) is 0. The molecule has 4 nitrogen and oxygen atoms in total. The van der Waals surface area contributed by atoms with Crippen molar-refractivity contribution in [1.82, 2.24) is 19.7 Å². The molecule has 4 rings (SSSR count). The third-order valence-corrected chi connectivity index (χ3v) is 5.88. The van der Waals surface area contributed by atoms with Crippen LogP contribution in [0.15, 0.2) is 42.7 Å². The molecule has 0 atom stereocenters. The monoisotopic (exact) mass is 376 g/mol. The van der Waals surface area contributed by atoms with Gasteiger partial charge in [-0.25, -0.2) is 14.6 Å². The molecule has 2 aromatic carbocycles. The lowest BCUT2D eigenvalue weighted by atomic mass is 9.92.